The van der Waals surface area contributed by atoms with Crippen LogP contribution in [0.25, 0.3) is 21.8 Å². The Balaban J connectivity index is 0.000000177. The van der Waals surface area contributed by atoms with Gasteiger partial charge in [-0.2, -0.15) is 0 Å². The molecule has 0 aliphatic heterocycles. The standard InChI is InChI=1S/2C21H19ClFNO4S/c2*1-29(27,28)18-10-15(23)9-17-16-7-4-13(8-19(25)26)20(16)24(21(17)18)11-12-2-5-14(22)6-3-12/h2*2-3,5-6,9-10,13H,4,7-8,11H2,1H3,(H,25,26)/t2*13-/m11/s1. The molecule has 6 aromatic rings. The molecular weight excluding hydrogens is 834 g/mol. The minimum absolute atomic E-state index is 0.0549. The van der Waals surface area contributed by atoms with E-state index in [1.807, 2.05) is 33.4 Å². The Morgan fingerprint density at radius 3 is 1.29 bits per heavy atom. The number of carboxylic acids is 2. The number of carboxylic acid groups (broad SMARTS) is 2. The van der Waals surface area contributed by atoms with Gasteiger partial charge in [-0.15, -0.1) is 0 Å². The molecule has 2 aromatic heterocycles. The average molecular weight is 872 g/mol. The van der Waals surface area contributed by atoms with Gasteiger partial charge in [0.2, 0.25) is 0 Å². The zero-order valence-corrected chi connectivity index (χ0v) is 34.5. The molecule has 0 amide bonds. The molecular formula is C42H38Cl2F2N2O8S2. The van der Waals surface area contributed by atoms with E-state index in [1.165, 1.54) is 12.1 Å². The summed E-state index contributed by atoms with van der Waals surface area (Å²) in [5.41, 5.74) is 5.89. The van der Waals surface area contributed by atoms with Crippen LogP contribution < -0.4 is 0 Å². The normalized spacial score (nSPS) is 16.3. The molecule has 2 aliphatic rings. The minimum Gasteiger partial charge on any atom is -0.481 e. The van der Waals surface area contributed by atoms with Crippen LogP contribution in [0.3, 0.4) is 0 Å². The fourth-order valence-electron chi connectivity index (χ4n) is 8.64. The molecule has 0 saturated carbocycles. The third-order valence-corrected chi connectivity index (χ3v) is 13.6. The summed E-state index contributed by atoms with van der Waals surface area (Å²) in [6, 6.07) is 19.1. The first-order valence-electron chi connectivity index (χ1n) is 18.3. The van der Waals surface area contributed by atoms with Crippen molar-refractivity contribution >= 4 is 76.6 Å². The van der Waals surface area contributed by atoms with Gasteiger partial charge in [0.05, 0.1) is 33.7 Å². The van der Waals surface area contributed by atoms with Crippen LogP contribution in [0.15, 0.2) is 82.6 Å². The molecule has 2 heterocycles. The van der Waals surface area contributed by atoms with E-state index in [9.17, 15) is 45.4 Å². The largest absolute Gasteiger partial charge is 0.481 e. The van der Waals surface area contributed by atoms with Crippen molar-refractivity contribution in [1.29, 1.82) is 0 Å². The van der Waals surface area contributed by atoms with E-state index < -0.39 is 43.2 Å². The van der Waals surface area contributed by atoms with Crippen LogP contribution in [0.5, 0.6) is 0 Å². The lowest BCUT2D eigenvalue weighted by molar-refractivity contribution is -0.138. The summed E-state index contributed by atoms with van der Waals surface area (Å²) in [6.07, 6.45) is 4.45. The van der Waals surface area contributed by atoms with Gasteiger partial charge in [0.25, 0.3) is 0 Å². The van der Waals surface area contributed by atoms with Crippen molar-refractivity contribution in [2.75, 3.05) is 12.5 Å². The van der Waals surface area contributed by atoms with Crippen LogP contribution in [0.2, 0.25) is 10.0 Å². The molecule has 16 heteroatoms. The van der Waals surface area contributed by atoms with Gasteiger partial charge in [0, 0.05) is 69.6 Å². The van der Waals surface area contributed by atoms with Gasteiger partial charge in [0.1, 0.15) is 11.6 Å². The van der Waals surface area contributed by atoms with Gasteiger partial charge in [-0.3, -0.25) is 9.59 Å². The SMILES string of the molecule is CS(=O)(=O)c1cc(F)cc2c3c(n(Cc4ccc(Cl)cc4)c12)[C@@H](CC(=O)O)CC3.CS(=O)(=O)c1cc(F)cc2c3c(n(Cc4ccc(Cl)cc4)c12)[C@@H](CC(=O)O)CC3. The van der Waals surface area contributed by atoms with Gasteiger partial charge in [-0.25, -0.2) is 25.6 Å². The third-order valence-electron chi connectivity index (χ3n) is 10.9. The van der Waals surface area contributed by atoms with Crippen molar-refractivity contribution in [3.8, 4) is 0 Å². The number of nitrogens with zero attached hydrogens (tertiary/aromatic N) is 2. The molecule has 2 atom stereocenters. The molecule has 10 nitrogen and oxygen atoms in total. The van der Waals surface area contributed by atoms with E-state index in [-0.39, 0.29) is 34.5 Å². The fourth-order valence-corrected chi connectivity index (χ4v) is 10.7. The second-order valence-electron chi connectivity index (χ2n) is 15.0. The van der Waals surface area contributed by atoms with E-state index in [1.54, 1.807) is 24.3 Å². The number of rotatable bonds is 10. The van der Waals surface area contributed by atoms with Crippen molar-refractivity contribution in [1.82, 2.24) is 9.13 Å². The molecule has 0 radical (unpaired) electrons. The second-order valence-corrected chi connectivity index (χ2v) is 19.8. The minimum atomic E-state index is -3.70. The summed E-state index contributed by atoms with van der Waals surface area (Å²) in [6.45, 7) is 0.681. The fraction of sp³-hybridized carbons (Fsp3) is 0.286. The number of aryl methyl sites for hydroxylation is 2. The summed E-state index contributed by atoms with van der Waals surface area (Å²) in [4.78, 5) is 22.6. The van der Waals surface area contributed by atoms with E-state index in [0.29, 0.717) is 70.6 Å². The van der Waals surface area contributed by atoms with Crippen molar-refractivity contribution in [2.24, 2.45) is 0 Å². The number of carbonyl (C=O) groups is 2. The molecule has 8 rings (SSSR count). The third kappa shape index (κ3) is 8.25. The molecule has 2 N–H and O–H groups in total. The Hall–Kier alpha value is -4.76. The van der Waals surface area contributed by atoms with Gasteiger partial charge in [-0.05, 0) is 96.5 Å². The maximum absolute atomic E-state index is 14.3. The molecule has 4 aromatic carbocycles. The summed E-state index contributed by atoms with van der Waals surface area (Å²) < 4.78 is 82.1. The Bertz CT molecular complexity index is 2660. The summed E-state index contributed by atoms with van der Waals surface area (Å²) in [5, 5.41) is 20.9. The summed E-state index contributed by atoms with van der Waals surface area (Å²) in [5.74, 6) is -3.58. The predicted octanol–water partition coefficient (Wildman–Crippen LogP) is 8.78. The van der Waals surface area contributed by atoms with Gasteiger partial charge in [0.15, 0.2) is 19.7 Å². The molecule has 0 fully saturated rings. The first-order valence-corrected chi connectivity index (χ1v) is 22.9. The first kappa shape index (κ1) is 41.4. The van der Waals surface area contributed by atoms with E-state index in [4.69, 9.17) is 23.2 Å². The number of sulfone groups is 2. The first-order chi connectivity index (χ1) is 27.3. The topological polar surface area (TPSA) is 153 Å². The van der Waals surface area contributed by atoms with Crippen molar-refractivity contribution in [2.45, 2.75) is 73.2 Å². The lowest BCUT2D eigenvalue weighted by Crippen LogP contribution is -2.12. The van der Waals surface area contributed by atoms with Crippen molar-refractivity contribution in [3.05, 3.63) is 128 Å². The average Bonchev–Trinajstić information content (AvgIpc) is 3.87. The zero-order chi connectivity index (χ0) is 41.8. The molecule has 58 heavy (non-hydrogen) atoms. The lowest BCUT2D eigenvalue weighted by atomic mass is 10.0. The predicted molar refractivity (Wildman–Crippen MR) is 218 cm³/mol. The van der Waals surface area contributed by atoms with Crippen LogP contribution in [-0.4, -0.2) is 60.6 Å². The Morgan fingerprint density at radius 2 is 0.983 bits per heavy atom. The van der Waals surface area contributed by atoms with E-state index in [2.05, 4.69) is 0 Å². The smallest absolute Gasteiger partial charge is 0.304 e. The van der Waals surface area contributed by atoms with Gasteiger partial charge < -0.3 is 19.3 Å². The van der Waals surface area contributed by atoms with Crippen LogP contribution in [-0.2, 0) is 55.2 Å². The highest BCUT2D eigenvalue weighted by molar-refractivity contribution is 7.91. The Labute approximate surface area is 343 Å². The van der Waals surface area contributed by atoms with E-state index >= 15 is 0 Å². The Kier molecular flexibility index (Phi) is 11.3. The highest BCUT2D eigenvalue weighted by Gasteiger charge is 2.35. The molecule has 0 saturated heterocycles. The maximum Gasteiger partial charge on any atom is 0.304 e. The van der Waals surface area contributed by atoms with Crippen LogP contribution in [0, 0.1) is 11.6 Å². The summed E-state index contributed by atoms with van der Waals surface area (Å²) >= 11 is 11.9. The van der Waals surface area contributed by atoms with Crippen LogP contribution >= 0.6 is 23.2 Å². The highest BCUT2D eigenvalue weighted by atomic mass is 35.5. The molecule has 0 bridgehead atoms. The molecule has 0 spiro atoms. The van der Waals surface area contributed by atoms with Gasteiger partial charge >= 0.3 is 11.9 Å². The molecule has 2 aliphatic carbocycles. The molecule has 0 unspecified atom stereocenters. The maximum atomic E-state index is 14.3. The number of hydrogen-bond acceptors (Lipinski definition) is 6. The number of fused-ring (bicyclic) bond motifs is 6. The second kappa shape index (κ2) is 15.8. The van der Waals surface area contributed by atoms with Crippen LogP contribution in [0.4, 0.5) is 8.78 Å². The van der Waals surface area contributed by atoms with E-state index in [0.717, 1.165) is 58.3 Å². The lowest BCUT2D eigenvalue weighted by Gasteiger charge is -2.17. The quantitative estimate of drug-likeness (QED) is 0.139. The number of aromatic nitrogens is 2. The number of aliphatic carboxylic acids is 2. The van der Waals surface area contributed by atoms with Gasteiger partial charge in [-0.1, -0.05) is 47.5 Å². The van der Waals surface area contributed by atoms with Crippen LogP contribution in [0.1, 0.15) is 71.2 Å². The van der Waals surface area contributed by atoms with Crippen molar-refractivity contribution in [3.63, 3.8) is 0 Å². The zero-order valence-electron chi connectivity index (χ0n) is 31.3. The van der Waals surface area contributed by atoms with Crippen molar-refractivity contribution < 1.29 is 45.4 Å². The Morgan fingerprint density at radius 1 is 0.638 bits per heavy atom. The summed E-state index contributed by atoms with van der Waals surface area (Å²) in [7, 11) is -7.40. The number of benzene rings is 4. The number of hydrogen-bond donors (Lipinski definition) is 2. The molecule has 304 valence electrons. The monoisotopic (exact) mass is 870 g/mol. The highest BCUT2D eigenvalue weighted by Crippen LogP contribution is 2.46. The number of halogens is 4.